The van der Waals surface area contributed by atoms with E-state index in [0.717, 1.165) is 10.2 Å². The van der Waals surface area contributed by atoms with Crippen molar-refractivity contribution in [2.75, 3.05) is 11.9 Å². The van der Waals surface area contributed by atoms with Gasteiger partial charge in [0.1, 0.15) is 11.8 Å². The largest absolute Gasteiger partial charge is 0.335 e. The Labute approximate surface area is 105 Å². The van der Waals surface area contributed by atoms with E-state index in [1.807, 2.05) is 42.3 Å². The first kappa shape index (κ1) is 12.8. The molecular weight excluding hydrogens is 264 g/mol. The van der Waals surface area contributed by atoms with Crippen molar-refractivity contribution in [3.05, 3.63) is 40.5 Å². The van der Waals surface area contributed by atoms with E-state index < -0.39 is 0 Å². The van der Waals surface area contributed by atoms with Crippen LogP contribution in [0.1, 0.15) is 13.8 Å². The first-order valence-corrected chi connectivity index (χ1v) is 5.95. The van der Waals surface area contributed by atoms with Crippen molar-refractivity contribution in [2.45, 2.75) is 13.8 Å². The number of rotatable bonds is 3. The molecule has 0 aliphatic rings. The Morgan fingerprint density at radius 2 is 2.06 bits per heavy atom. The Morgan fingerprint density at radius 1 is 1.44 bits per heavy atom. The Morgan fingerprint density at radius 3 is 2.56 bits per heavy atom. The van der Waals surface area contributed by atoms with Crippen LogP contribution in [-0.4, -0.2) is 7.05 Å². The molecule has 0 saturated heterocycles. The molecule has 0 fully saturated rings. The second-order valence-electron chi connectivity index (χ2n) is 3.92. The highest BCUT2D eigenvalue weighted by atomic mass is 79.9. The molecule has 0 bridgehead atoms. The highest BCUT2D eigenvalue weighted by Crippen LogP contribution is 2.27. The molecular formula is C13H15BrN2. The lowest BCUT2D eigenvalue weighted by molar-refractivity contribution is 0.819. The van der Waals surface area contributed by atoms with Gasteiger partial charge in [-0.05, 0) is 40.1 Å². The lowest BCUT2D eigenvalue weighted by atomic mass is 10.1. The smallest absolute Gasteiger partial charge is 0.117 e. The molecule has 0 aromatic heterocycles. The van der Waals surface area contributed by atoms with Crippen LogP contribution in [0.2, 0.25) is 0 Å². The zero-order chi connectivity index (χ0) is 12.1. The van der Waals surface area contributed by atoms with Crippen LogP contribution in [0.5, 0.6) is 0 Å². The molecule has 0 amide bonds. The fourth-order valence-electron chi connectivity index (χ4n) is 1.39. The normalized spacial score (nSPS) is 11.4. The molecule has 2 nitrogen and oxygen atoms in total. The van der Waals surface area contributed by atoms with E-state index in [1.54, 1.807) is 0 Å². The van der Waals surface area contributed by atoms with Gasteiger partial charge >= 0.3 is 0 Å². The van der Waals surface area contributed by atoms with Gasteiger partial charge in [0.15, 0.2) is 0 Å². The summed E-state index contributed by atoms with van der Waals surface area (Å²) < 4.78 is 0.988. The van der Waals surface area contributed by atoms with Gasteiger partial charge in [0, 0.05) is 11.5 Å². The molecule has 0 atom stereocenters. The van der Waals surface area contributed by atoms with Crippen LogP contribution in [-0.2, 0) is 0 Å². The van der Waals surface area contributed by atoms with Crippen LogP contribution in [0.3, 0.4) is 0 Å². The Bertz CT molecular complexity index is 430. The van der Waals surface area contributed by atoms with Crippen molar-refractivity contribution in [3.8, 4) is 6.07 Å². The molecule has 3 heteroatoms. The van der Waals surface area contributed by atoms with Gasteiger partial charge in [0.25, 0.3) is 0 Å². The number of benzene rings is 1. The molecule has 1 rings (SSSR count). The summed E-state index contributed by atoms with van der Waals surface area (Å²) in [7, 11) is 1.90. The van der Waals surface area contributed by atoms with Crippen LogP contribution in [0.25, 0.3) is 0 Å². The minimum absolute atomic E-state index is 0.361. The number of para-hydroxylation sites is 1. The summed E-state index contributed by atoms with van der Waals surface area (Å²) in [5, 5.41) is 9.12. The highest BCUT2D eigenvalue weighted by molar-refractivity contribution is 9.10. The van der Waals surface area contributed by atoms with Crippen LogP contribution < -0.4 is 4.90 Å². The number of hydrogen-bond acceptors (Lipinski definition) is 2. The van der Waals surface area contributed by atoms with E-state index in [4.69, 9.17) is 5.26 Å². The molecule has 0 aliphatic heterocycles. The third kappa shape index (κ3) is 3.11. The average molecular weight is 279 g/mol. The third-order valence-electron chi connectivity index (χ3n) is 2.18. The Kier molecular flexibility index (Phi) is 4.57. The highest BCUT2D eigenvalue weighted by Gasteiger charge is 2.09. The van der Waals surface area contributed by atoms with Gasteiger partial charge in [-0.15, -0.1) is 0 Å². The van der Waals surface area contributed by atoms with Crippen LogP contribution in [0, 0.1) is 17.2 Å². The summed E-state index contributed by atoms with van der Waals surface area (Å²) in [6, 6.07) is 10.1. The SMILES string of the molecule is CC(C)/C=C(\C#N)N(C)c1ccccc1Br. The standard InChI is InChI=1S/C13H15BrN2/c1-10(2)8-11(9-15)16(3)13-7-5-4-6-12(13)14/h4-8,10H,1-3H3/b11-8+. The molecule has 0 saturated carbocycles. The van der Waals surface area contributed by atoms with E-state index in [-0.39, 0.29) is 0 Å². The van der Waals surface area contributed by atoms with Crippen LogP contribution in [0.4, 0.5) is 5.69 Å². The van der Waals surface area contributed by atoms with Crippen LogP contribution >= 0.6 is 15.9 Å². The molecule has 1 aromatic carbocycles. The van der Waals surface area contributed by atoms with E-state index in [0.29, 0.717) is 11.6 Å². The minimum atomic E-state index is 0.361. The maximum absolute atomic E-state index is 9.12. The molecule has 84 valence electrons. The van der Waals surface area contributed by atoms with Crippen molar-refractivity contribution in [1.82, 2.24) is 0 Å². The first-order valence-electron chi connectivity index (χ1n) is 5.16. The van der Waals surface area contributed by atoms with Gasteiger partial charge in [-0.25, -0.2) is 0 Å². The second-order valence-corrected chi connectivity index (χ2v) is 4.77. The minimum Gasteiger partial charge on any atom is -0.335 e. The summed E-state index contributed by atoms with van der Waals surface area (Å²) in [5.74, 6) is 0.361. The van der Waals surface area contributed by atoms with Gasteiger partial charge in [0.05, 0.1) is 5.69 Å². The van der Waals surface area contributed by atoms with Gasteiger partial charge in [-0.1, -0.05) is 26.0 Å². The second kappa shape index (κ2) is 5.72. The summed E-state index contributed by atoms with van der Waals surface area (Å²) in [6.45, 7) is 4.12. The van der Waals surface area contributed by atoms with Crippen molar-refractivity contribution < 1.29 is 0 Å². The summed E-state index contributed by atoms with van der Waals surface area (Å²) in [6.07, 6.45) is 1.96. The van der Waals surface area contributed by atoms with E-state index in [9.17, 15) is 0 Å². The number of halogens is 1. The van der Waals surface area contributed by atoms with Crippen molar-refractivity contribution >= 4 is 21.6 Å². The lowest BCUT2D eigenvalue weighted by Gasteiger charge is -2.20. The fourth-order valence-corrected chi connectivity index (χ4v) is 1.94. The topological polar surface area (TPSA) is 27.0 Å². The fraction of sp³-hybridized carbons (Fsp3) is 0.308. The molecule has 0 N–H and O–H groups in total. The van der Waals surface area contributed by atoms with E-state index in [1.165, 1.54) is 0 Å². The van der Waals surface area contributed by atoms with Gasteiger partial charge in [0.2, 0.25) is 0 Å². The molecule has 1 aromatic rings. The first-order chi connectivity index (χ1) is 7.56. The molecule has 0 spiro atoms. The van der Waals surface area contributed by atoms with Gasteiger partial charge in [-0.2, -0.15) is 5.26 Å². The van der Waals surface area contributed by atoms with Crippen molar-refractivity contribution in [2.24, 2.45) is 5.92 Å². The predicted octanol–water partition coefficient (Wildman–Crippen LogP) is 3.95. The zero-order valence-electron chi connectivity index (χ0n) is 9.74. The quantitative estimate of drug-likeness (QED) is 0.783. The monoisotopic (exact) mass is 278 g/mol. The molecule has 0 radical (unpaired) electrons. The molecule has 16 heavy (non-hydrogen) atoms. The Balaban J connectivity index is 3.07. The maximum atomic E-state index is 9.12. The van der Waals surface area contributed by atoms with E-state index in [2.05, 4.69) is 35.8 Å². The summed E-state index contributed by atoms with van der Waals surface area (Å²) in [5.41, 5.74) is 1.66. The number of hydrogen-bond donors (Lipinski definition) is 0. The summed E-state index contributed by atoms with van der Waals surface area (Å²) >= 11 is 3.48. The Hall–Kier alpha value is -1.27. The number of allylic oxidation sites excluding steroid dienone is 2. The van der Waals surface area contributed by atoms with Gasteiger partial charge < -0.3 is 4.90 Å². The van der Waals surface area contributed by atoms with E-state index >= 15 is 0 Å². The number of nitriles is 1. The average Bonchev–Trinajstić information content (AvgIpc) is 2.25. The molecule has 0 unspecified atom stereocenters. The maximum Gasteiger partial charge on any atom is 0.117 e. The number of nitrogens with zero attached hydrogens (tertiary/aromatic N) is 2. The zero-order valence-corrected chi connectivity index (χ0v) is 11.3. The molecule has 0 aliphatic carbocycles. The third-order valence-corrected chi connectivity index (χ3v) is 2.85. The predicted molar refractivity (Wildman–Crippen MR) is 71.1 cm³/mol. The van der Waals surface area contributed by atoms with Crippen LogP contribution in [0.15, 0.2) is 40.5 Å². The lowest BCUT2D eigenvalue weighted by Crippen LogP contribution is -2.16. The van der Waals surface area contributed by atoms with Gasteiger partial charge in [-0.3, -0.25) is 0 Å². The summed E-state index contributed by atoms with van der Waals surface area (Å²) in [4.78, 5) is 1.89. The number of anilines is 1. The molecule has 0 heterocycles. The van der Waals surface area contributed by atoms with Crippen molar-refractivity contribution in [1.29, 1.82) is 5.26 Å². The van der Waals surface area contributed by atoms with Crippen molar-refractivity contribution in [3.63, 3.8) is 0 Å².